The molecule has 0 aromatic carbocycles. The van der Waals surface area contributed by atoms with Crippen molar-refractivity contribution in [2.45, 2.75) is 51.8 Å². The highest BCUT2D eigenvalue weighted by atomic mass is 35.5. The minimum absolute atomic E-state index is 0. The smallest absolute Gasteiger partial charge is 0.221 e. The van der Waals surface area contributed by atoms with Crippen LogP contribution in [-0.4, -0.2) is 30.7 Å². The van der Waals surface area contributed by atoms with E-state index < -0.39 is 0 Å². The zero-order valence-electron chi connectivity index (χ0n) is 10.7. The summed E-state index contributed by atoms with van der Waals surface area (Å²) in [5, 5.41) is 3.11. The first kappa shape index (κ1) is 14.7. The average molecular weight is 263 g/mol. The van der Waals surface area contributed by atoms with E-state index in [1.54, 1.807) is 0 Å². The maximum Gasteiger partial charge on any atom is 0.221 e. The van der Waals surface area contributed by atoms with Crippen molar-refractivity contribution >= 4 is 18.3 Å². The fraction of sp³-hybridized carbons (Fsp3) is 0.917. The van der Waals surface area contributed by atoms with Gasteiger partial charge in [0.15, 0.2) is 0 Å². The predicted molar refractivity (Wildman–Crippen MR) is 69.1 cm³/mol. The second-order valence-electron chi connectivity index (χ2n) is 5.79. The quantitative estimate of drug-likeness (QED) is 0.800. The number of rotatable bonds is 3. The fourth-order valence-corrected chi connectivity index (χ4v) is 3.14. The molecule has 17 heavy (non-hydrogen) atoms. The Morgan fingerprint density at radius 1 is 1.59 bits per heavy atom. The highest BCUT2D eigenvalue weighted by Crippen LogP contribution is 2.52. The molecule has 1 aliphatic carbocycles. The maximum atomic E-state index is 11.7. The Kier molecular flexibility index (Phi) is 4.44. The zero-order chi connectivity index (χ0) is 11.9. The molecule has 1 saturated carbocycles. The van der Waals surface area contributed by atoms with Gasteiger partial charge in [-0.3, -0.25) is 4.79 Å². The predicted octanol–water partition coefficient (Wildman–Crippen LogP) is 1.08. The second-order valence-corrected chi connectivity index (χ2v) is 5.79. The van der Waals surface area contributed by atoms with E-state index >= 15 is 0 Å². The summed E-state index contributed by atoms with van der Waals surface area (Å²) in [5.74, 6) is 0.574. The van der Waals surface area contributed by atoms with Crippen LogP contribution < -0.4 is 11.1 Å². The summed E-state index contributed by atoms with van der Waals surface area (Å²) < 4.78 is 5.68. The minimum Gasteiger partial charge on any atom is -0.377 e. The molecule has 4 nitrogen and oxygen atoms in total. The number of carbonyl (C=O) groups excluding carboxylic acids is 1. The van der Waals surface area contributed by atoms with Gasteiger partial charge in [-0.05, 0) is 13.3 Å². The Morgan fingerprint density at radius 2 is 2.24 bits per heavy atom. The van der Waals surface area contributed by atoms with E-state index in [1.165, 1.54) is 0 Å². The third-order valence-corrected chi connectivity index (χ3v) is 3.92. The normalized spacial score (nSPS) is 35.2. The van der Waals surface area contributed by atoms with Crippen molar-refractivity contribution in [2.24, 2.45) is 17.1 Å². The number of halogens is 1. The lowest BCUT2D eigenvalue weighted by Crippen LogP contribution is -2.66. The molecule has 2 aliphatic rings. The largest absolute Gasteiger partial charge is 0.377 e. The molecule has 100 valence electrons. The summed E-state index contributed by atoms with van der Waals surface area (Å²) in [6.45, 7) is 7.01. The molecular weight excluding hydrogens is 240 g/mol. The molecule has 0 aromatic rings. The lowest BCUT2D eigenvalue weighted by molar-refractivity contribution is -0.138. The van der Waals surface area contributed by atoms with Crippen LogP contribution in [0.15, 0.2) is 0 Å². The Balaban J connectivity index is 0.00000144. The molecule has 3 N–H and O–H groups in total. The molecule has 4 unspecified atom stereocenters. The number of ether oxygens (including phenoxy) is 1. The highest BCUT2D eigenvalue weighted by molar-refractivity contribution is 5.85. The third-order valence-electron chi connectivity index (χ3n) is 3.92. The first-order chi connectivity index (χ1) is 7.43. The van der Waals surface area contributed by atoms with Crippen LogP contribution in [0.3, 0.4) is 0 Å². The maximum absolute atomic E-state index is 11.7. The van der Waals surface area contributed by atoms with Crippen LogP contribution >= 0.6 is 12.4 Å². The summed E-state index contributed by atoms with van der Waals surface area (Å²) in [5.41, 5.74) is 5.68. The topological polar surface area (TPSA) is 64.4 Å². The van der Waals surface area contributed by atoms with Crippen molar-refractivity contribution < 1.29 is 9.53 Å². The lowest BCUT2D eigenvalue weighted by atomic mass is 9.57. The molecule has 2 rings (SSSR count). The first-order valence-electron chi connectivity index (χ1n) is 6.09. The SMILES string of the molecule is CC(N)CC(=O)NC1C2CCOC2C1(C)C.Cl. The molecule has 2 fully saturated rings. The van der Waals surface area contributed by atoms with Gasteiger partial charge >= 0.3 is 0 Å². The molecule has 0 bridgehead atoms. The molecule has 1 aliphatic heterocycles. The zero-order valence-corrected chi connectivity index (χ0v) is 11.5. The number of fused-ring (bicyclic) bond motifs is 1. The van der Waals surface area contributed by atoms with Crippen molar-refractivity contribution in [1.82, 2.24) is 5.32 Å². The van der Waals surface area contributed by atoms with Crippen LogP contribution in [0.2, 0.25) is 0 Å². The third kappa shape index (κ3) is 2.59. The monoisotopic (exact) mass is 262 g/mol. The Bertz CT molecular complexity index is 294. The van der Waals surface area contributed by atoms with E-state index in [2.05, 4.69) is 19.2 Å². The van der Waals surface area contributed by atoms with Crippen molar-refractivity contribution in [1.29, 1.82) is 0 Å². The summed E-state index contributed by atoms with van der Waals surface area (Å²) in [6.07, 6.45) is 1.80. The van der Waals surface area contributed by atoms with Gasteiger partial charge in [0.05, 0.1) is 6.10 Å². The average Bonchev–Trinajstić information content (AvgIpc) is 2.59. The Hall–Kier alpha value is -0.320. The van der Waals surface area contributed by atoms with E-state index in [0.717, 1.165) is 13.0 Å². The summed E-state index contributed by atoms with van der Waals surface area (Å²) in [4.78, 5) is 11.7. The molecule has 5 heteroatoms. The number of nitrogens with one attached hydrogen (secondary N) is 1. The van der Waals surface area contributed by atoms with Crippen LogP contribution in [0.1, 0.15) is 33.6 Å². The van der Waals surface area contributed by atoms with Crippen LogP contribution in [0.25, 0.3) is 0 Å². The molecule has 1 heterocycles. The van der Waals surface area contributed by atoms with Gasteiger partial charge in [-0.25, -0.2) is 0 Å². The van der Waals surface area contributed by atoms with Gasteiger partial charge in [0.1, 0.15) is 0 Å². The number of amides is 1. The van der Waals surface area contributed by atoms with Gasteiger partial charge in [-0.15, -0.1) is 12.4 Å². The first-order valence-corrected chi connectivity index (χ1v) is 6.09. The van der Waals surface area contributed by atoms with Crippen molar-refractivity contribution in [3.63, 3.8) is 0 Å². The molecule has 1 amide bonds. The summed E-state index contributed by atoms with van der Waals surface area (Å²) in [6, 6.07) is 0.185. The Labute approximate surface area is 109 Å². The molecule has 0 radical (unpaired) electrons. The number of nitrogens with two attached hydrogens (primary N) is 1. The molecule has 0 aromatic heterocycles. The van der Waals surface area contributed by atoms with E-state index in [-0.39, 0.29) is 35.8 Å². The number of carbonyl (C=O) groups is 1. The van der Waals surface area contributed by atoms with E-state index in [0.29, 0.717) is 18.4 Å². The molecular formula is C12H23ClN2O2. The van der Waals surface area contributed by atoms with Crippen molar-refractivity contribution in [3.05, 3.63) is 0 Å². The van der Waals surface area contributed by atoms with E-state index in [1.807, 2.05) is 6.92 Å². The molecule has 1 saturated heterocycles. The van der Waals surface area contributed by atoms with Gasteiger partial charge < -0.3 is 15.8 Å². The second kappa shape index (κ2) is 5.12. The highest BCUT2D eigenvalue weighted by Gasteiger charge is 2.59. The van der Waals surface area contributed by atoms with Gasteiger partial charge in [-0.2, -0.15) is 0 Å². The van der Waals surface area contributed by atoms with Gasteiger partial charge in [0.2, 0.25) is 5.91 Å². The minimum atomic E-state index is -0.0705. The fourth-order valence-electron chi connectivity index (χ4n) is 3.14. The van der Waals surface area contributed by atoms with Gasteiger partial charge in [-0.1, -0.05) is 13.8 Å². The number of hydrogen-bond acceptors (Lipinski definition) is 3. The summed E-state index contributed by atoms with van der Waals surface area (Å²) in [7, 11) is 0. The van der Waals surface area contributed by atoms with Crippen LogP contribution in [0.4, 0.5) is 0 Å². The lowest BCUT2D eigenvalue weighted by Gasteiger charge is -2.54. The van der Waals surface area contributed by atoms with Gasteiger partial charge in [0, 0.05) is 36.4 Å². The molecule has 0 spiro atoms. The van der Waals surface area contributed by atoms with Crippen molar-refractivity contribution in [3.8, 4) is 0 Å². The van der Waals surface area contributed by atoms with E-state index in [9.17, 15) is 4.79 Å². The molecule has 4 atom stereocenters. The van der Waals surface area contributed by atoms with Crippen molar-refractivity contribution in [2.75, 3.05) is 6.61 Å². The van der Waals surface area contributed by atoms with Crippen LogP contribution in [0, 0.1) is 11.3 Å². The summed E-state index contributed by atoms with van der Waals surface area (Å²) >= 11 is 0. The van der Waals surface area contributed by atoms with Gasteiger partial charge in [0.25, 0.3) is 0 Å². The standard InChI is InChI=1S/C12H22N2O2.ClH/c1-7(13)6-9(15)14-10-8-4-5-16-11(8)12(10,2)3;/h7-8,10-11H,4-6,13H2,1-3H3,(H,14,15);1H. The van der Waals surface area contributed by atoms with E-state index in [4.69, 9.17) is 10.5 Å². The van der Waals surface area contributed by atoms with Crippen LogP contribution in [0.5, 0.6) is 0 Å². The number of hydrogen-bond donors (Lipinski definition) is 2. The Morgan fingerprint density at radius 3 is 2.82 bits per heavy atom. The van der Waals surface area contributed by atoms with Crippen LogP contribution in [-0.2, 0) is 9.53 Å².